The number of nitrogens with zero attached hydrogens (tertiary/aromatic N) is 3. The standard InChI is InChI=1S/C21H17F2N3O6/c1-28-20(27)19(26-29-2)13-6-5-7-14(10-13)30-17-11-18(25-12-24-17)31-15-8-3-4-9-16(15)32-21(22)23/h3-12,21H,1-2H3/b26-19-. The second kappa shape index (κ2) is 10.7. The number of methoxy groups -OCH3 is 1. The van der Waals surface area contributed by atoms with E-state index >= 15 is 0 Å². The predicted octanol–water partition coefficient (Wildman–Crippen LogP) is 4.19. The molecule has 166 valence electrons. The molecule has 9 nitrogen and oxygen atoms in total. The number of oxime groups is 1. The molecule has 32 heavy (non-hydrogen) atoms. The van der Waals surface area contributed by atoms with Gasteiger partial charge >= 0.3 is 12.6 Å². The Hall–Kier alpha value is -4.28. The number of carbonyl (C=O) groups excluding carboxylic acids is 1. The molecule has 0 unspecified atom stereocenters. The van der Waals surface area contributed by atoms with Crippen LogP contribution in [0.1, 0.15) is 5.56 Å². The molecule has 0 spiro atoms. The summed E-state index contributed by atoms with van der Waals surface area (Å²) in [4.78, 5) is 24.6. The Bertz CT molecular complexity index is 1110. The maximum absolute atomic E-state index is 12.6. The van der Waals surface area contributed by atoms with E-state index in [0.717, 1.165) is 0 Å². The normalized spacial score (nSPS) is 11.1. The topological polar surface area (TPSA) is 101 Å². The van der Waals surface area contributed by atoms with E-state index in [1.807, 2.05) is 0 Å². The van der Waals surface area contributed by atoms with E-state index < -0.39 is 12.6 Å². The number of alkyl halides is 2. The van der Waals surface area contributed by atoms with Crippen molar-refractivity contribution in [2.45, 2.75) is 6.61 Å². The zero-order valence-corrected chi connectivity index (χ0v) is 16.9. The molecule has 11 heteroatoms. The Labute approximate surface area is 181 Å². The van der Waals surface area contributed by atoms with Crippen molar-refractivity contribution in [2.24, 2.45) is 5.16 Å². The van der Waals surface area contributed by atoms with Crippen LogP contribution in [0, 0.1) is 0 Å². The van der Waals surface area contributed by atoms with Crippen LogP contribution in [0.5, 0.6) is 29.0 Å². The number of hydrogen-bond acceptors (Lipinski definition) is 9. The van der Waals surface area contributed by atoms with Gasteiger partial charge in [0, 0.05) is 5.56 Å². The molecule has 3 rings (SSSR count). The minimum atomic E-state index is -3.01. The molecule has 0 N–H and O–H groups in total. The Morgan fingerprint density at radius 1 is 0.938 bits per heavy atom. The minimum absolute atomic E-state index is 0.0349. The maximum atomic E-state index is 12.6. The molecule has 0 amide bonds. The number of hydrogen-bond donors (Lipinski definition) is 0. The molecular formula is C21H17F2N3O6. The quantitative estimate of drug-likeness (QED) is 0.275. The van der Waals surface area contributed by atoms with Crippen LogP contribution < -0.4 is 14.2 Å². The van der Waals surface area contributed by atoms with Gasteiger partial charge < -0.3 is 23.8 Å². The van der Waals surface area contributed by atoms with Gasteiger partial charge in [-0.3, -0.25) is 0 Å². The van der Waals surface area contributed by atoms with Gasteiger partial charge in [0.05, 0.1) is 13.2 Å². The van der Waals surface area contributed by atoms with Crippen molar-refractivity contribution >= 4 is 11.7 Å². The second-order valence-electron chi connectivity index (χ2n) is 5.87. The molecule has 0 aliphatic heterocycles. The zero-order chi connectivity index (χ0) is 22.9. The second-order valence-corrected chi connectivity index (χ2v) is 5.87. The highest BCUT2D eigenvalue weighted by atomic mass is 19.3. The summed E-state index contributed by atoms with van der Waals surface area (Å²) < 4.78 is 45.6. The summed E-state index contributed by atoms with van der Waals surface area (Å²) >= 11 is 0. The molecule has 0 radical (unpaired) electrons. The highest BCUT2D eigenvalue weighted by Crippen LogP contribution is 2.32. The number of rotatable bonds is 9. The molecule has 0 bridgehead atoms. The van der Waals surface area contributed by atoms with Gasteiger partial charge in [-0.25, -0.2) is 14.8 Å². The predicted molar refractivity (Wildman–Crippen MR) is 107 cm³/mol. The SMILES string of the molecule is CO/N=C(\C(=O)OC)c1cccc(Oc2cc(Oc3ccccc3OC(F)F)ncn2)c1. The summed E-state index contributed by atoms with van der Waals surface area (Å²) in [5, 5.41) is 3.68. The molecular weight excluding hydrogens is 428 g/mol. The summed E-state index contributed by atoms with van der Waals surface area (Å²) in [6, 6.07) is 13.7. The first-order valence-electron chi connectivity index (χ1n) is 9.01. The van der Waals surface area contributed by atoms with Crippen LogP contribution in [0.2, 0.25) is 0 Å². The summed E-state index contributed by atoms with van der Waals surface area (Å²) in [6.07, 6.45) is 1.18. The van der Waals surface area contributed by atoms with Crippen LogP contribution in [0.3, 0.4) is 0 Å². The average Bonchev–Trinajstić information content (AvgIpc) is 2.78. The average molecular weight is 445 g/mol. The van der Waals surface area contributed by atoms with Gasteiger partial charge in [-0.15, -0.1) is 0 Å². The Kier molecular flexibility index (Phi) is 7.46. The number of ether oxygens (including phenoxy) is 4. The molecule has 0 atom stereocenters. The molecule has 0 aliphatic rings. The van der Waals surface area contributed by atoms with E-state index in [2.05, 4.69) is 19.9 Å². The fourth-order valence-corrected chi connectivity index (χ4v) is 2.50. The molecule has 1 aromatic heterocycles. The maximum Gasteiger partial charge on any atom is 0.387 e. The lowest BCUT2D eigenvalue weighted by Crippen LogP contribution is -2.17. The first-order chi connectivity index (χ1) is 15.5. The van der Waals surface area contributed by atoms with Gasteiger partial charge in [0.2, 0.25) is 11.8 Å². The lowest BCUT2D eigenvalue weighted by molar-refractivity contribution is -0.132. The first kappa shape index (κ1) is 22.4. The van der Waals surface area contributed by atoms with Crippen molar-refractivity contribution in [3.05, 3.63) is 66.5 Å². The van der Waals surface area contributed by atoms with Crippen LogP contribution in [-0.4, -0.2) is 42.5 Å². The molecule has 2 aromatic carbocycles. The van der Waals surface area contributed by atoms with E-state index in [-0.39, 0.29) is 29.0 Å². The first-order valence-corrected chi connectivity index (χ1v) is 9.01. The molecule has 0 saturated carbocycles. The third-order valence-corrected chi connectivity index (χ3v) is 3.79. The highest BCUT2D eigenvalue weighted by molar-refractivity contribution is 6.43. The summed E-state index contributed by atoms with van der Waals surface area (Å²) in [7, 11) is 2.52. The lowest BCUT2D eigenvalue weighted by atomic mass is 10.1. The van der Waals surface area contributed by atoms with Crippen molar-refractivity contribution < 1.29 is 37.4 Å². The van der Waals surface area contributed by atoms with Gasteiger partial charge in [0.1, 0.15) is 19.2 Å². The zero-order valence-electron chi connectivity index (χ0n) is 16.9. The van der Waals surface area contributed by atoms with Gasteiger partial charge in [0.15, 0.2) is 17.2 Å². The molecule has 3 aromatic rings. The molecule has 0 aliphatic carbocycles. The van der Waals surface area contributed by atoms with Gasteiger partial charge in [0.25, 0.3) is 0 Å². The molecule has 0 saturated heterocycles. The van der Waals surface area contributed by atoms with Crippen molar-refractivity contribution in [3.8, 4) is 29.0 Å². The summed E-state index contributed by atoms with van der Waals surface area (Å²) in [5.74, 6) is -0.343. The summed E-state index contributed by atoms with van der Waals surface area (Å²) in [6.45, 7) is -3.01. The van der Waals surface area contributed by atoms with Crippen LogP contribution in [0.4, 0.5) is 8.78 Å². The number of esters is 1. The van der Waals surface area contributed by atoms with Crippen molar-refractivity contribution in [1.29, 1.82) is 0 Å². The molecule has 1 heterocycles. The van der Waals surface area contributed by atoms with Crippen LogP contribution >= 0.6 is 0 Å². The van der Waals surface area contributed by atoms with Crippen molar-refractivity contribution in [3.63, 3.8) is 0 Å². The smallest absolute Gasteiger partial charge is 0.387 e. The summed E-state index contributed by atoms with van der Waals surface area (Å²) in [5.41, 5.74) is 0.336. The van der Waals surface area contributed by atoms with E-state index in [1.165, 1.54) is 50.9 Å². The largest absolute Gasteiger partial charge is 0.464 e. The van der Waals surface area contributed by atoms with Crippen LogP contribution in [0.15, 0.2) is 66.1 Å². The Morgan fingerprint density at radius 2 is 1.66 bits per heavy atom. The van der Waals surface area contributed by atoms with E-state index in [9.17, 15) is 13.6 Å². The minimum Gasteiger partial charge on any atom is -0.464 e. The number of halogens is 2. The van der Waals surface area contributed by atoms with E-state index in [4.69, 9.17) is 19.0 Å². The van der Waals surface area contributed by atoms with Crippen LogP contribution in [0.25, 0.3) is 0 Å². The highest BCUT2D eigenvalue weighted by Gasteiger charge is 2.17. The fraction of sp³-hybridized carbons (Fsp3) is 0.143. The van der Waals surface area contributed by atoms with Crippen LogP contribution in [-0.2, 0) is 14.4 Å². The van der Waals surface area contributed by atoms with Gasteiger partial charge in [-0.2, -0.15) is 8.78 Å². The Balaban J connectivity index is 1.80. The number of carbonyl (C=O) groups is 1. The lowest BCUT2D eigenvalue weighted by Gasteiger charge is -2.11. The number of para-hydroxylation sites is 2. The number of benzene rings is 2. The van der Waals surface area contributed by atoms with E-state index in [1.54, 1.807) is 24.3 Å². The molecule has 0 fully saturated rings. The monoisotopic (exact) mass is 445 g/mol. The Morgan fingerprint density at radius 3 is 2.34 bits per heavy atom. The van der Waals surface area contributed by atoms with Gasteiger partial charge in [-0.05, 0) is 24.3 Å². The van der Waals surface area contributed by atoms with Crippen molar-refractivity contribution in [1.82, 2.24) is 9.97 Å². The third-order valence-electron chi connectivity index (χ3n) is 3.79. The number of aromatic nitrogens is 2. The third kappa shape index (κ3) is 5.88. The van der Waals surface area contributed by atoms with Crippen molar-refractivity contribution in [2.75, 3.05) is 14.2 Å². The van der Waals surface area contributed by atoms with Gasteiger partial charge in [-0.1, -0.05) is 29.4 Å². The van der Waals surface area contributed by atoms with E-state index in [0.29, 0.717) is 11.3 Å². The fourth-order valence-electron chi connectivity index (χ4n) is 2.50.